The molecule has 28 heavy (non-hydrogen) atoms. The van der Waals surface area contributed by atoms with Crippen LogP contribution in [-0.2, 0) is 11.3 Å². The van der Waals surface area contributed by atoms with Crippen molar-refractivity contribution < 1.29 is 9.59 Å². The smallest absolute Gasteiger partial charge is 0.233 e. The molecule has 148 valence electrons. The summed E-state index contributed by atoms with van der Waals surface area (Å²) in [4.78, 5) is 31.7. The van der Waals surface area contributed by atoms with Gasteiger partial charge in [0.1, 0.15) is 17.4 Å². The van der Waals surface area contributed by atoms with E-state index >= 15 is 0 Å². The maximum Gasteiger partial charge on any atom is 0.233 e. The largest absolute Gasteiger partial charge is 0.382 e. The van der Waals surface area contributed by atoms with Crippen LogP contribution >= 0.6 is 0 Å². The number of hydrogen-bond donors (Lipinski definition) is 3. The van der Waals surface area contributed by atoms with E-state index in [2.05, 4.69) is 27.9 Å². The highest BCUT2D eigenvalue weighted by molar-refractivity contribution is 6.13. The summed E-state index contributed by atoms with van der Waals surface area (Å²) in [6, 6.07) is 12.0. The number of ketones is 1. The van der Waals surface area contributed by atoms with Gasteiger partial charge in [0.25, 0.3) is 0 Å². The molecule has 1 aliphatic heterocycles. The van der Waals surface area contributed by atoms with Gasteiger partial charge in [-0.15, -0.1) is 0 Å². The van der Waals surface area contributed by atoms with E-state index in [1.807, 2.05) is 62.4 Å². The van der Waals surface area contributed by atoms with Gasteiger partial charge in [-0.3, -0.25) is 9.59 Å². The van der Waals surface area contributed by atoms with Crippen LogP contribution in [0.15, 0.2) is 36.4 Å². The molecule has 7 heteroatoms. The average molecular weight is 381 g/mol. The molecule has 7 nitrogen and oxygen atoms in total. The van der Waals surface area contributed by atoms with Gasteiger partial charge in [0.2, 0.25) is 5.91 Å². The molecule has 0 spiro atoms. The quantitative estimate of drug-likeness (QED) is 0.664. The Morgan fingerprint density at radius 1 is 1.25 bits per heavy atom. The van der Waals surface area contributed by atoms with Crippen molar-refractivity contribution in [3.63, 3.8) is 0 Å². The van der Waals surface area contributed by atoms with E-state index in [1.54, 1.807) is 0 Å². The van der Waals surface area contributed by atoms with Crippen LogP contribution in [0.5, 0.6) is 0 Å². The van der Waals surface area contributed by atoms with Crippen molar-refractivity contribution in [1.29, 1.82) is 0 Å². The zero-order chi connectivity index (χ0) is 20.3. The fourth-order valence-electron chi connectivity index (χ4n) is 3.11. The highest BCUT2D eigenvalue weighted by Crippen LogP contribution is 2.25. The number of carbonyl (C=O) groups is 2. The maximum atomic E-state index is 12.8. The Morgan fingerprint density at radius 2 is 1.96 bits per heavy atom. The van der Waals surface area contributed by atoms with Gasteiger partial charge in [-0.1, -0.05) is 24.3 Å². The SMILES string of the molecule is CNC(C)c1ccc(CNC(=O)C2CNc3ccc(N(C)C)nc3C2=O)cc1. The lowest BCUT2D eigenvalue weighted by atomic mass is 9.95. The number of nitrogens with zero attached hydrogens (tertiary/aromatic N) is 2. The van der Waals surface area contributed by atoms with Gasteiger partial charge in [-0.05, 0) is 37.2 Å². The molecule has 0 fully saturated rings. The molecule has 1 aliphatic rings. The molecule has 0 saturated carbocycles. The Labute approximate surface area is 165 Å². The molecule has 2 heterocycles. The molecule has 0 bridgehead atoms. The first-order chi connectivity index (χ1) is 13.4. The van der Waals surface area contributed by atoms with Gasteiger partial charge in [0, 0.05) is 33.2 Å². The number of fused-ring (bicyclic) bond motifs is 1. The van der Waals surface area contributed by atoms with Crippen molar-refractivity contribution in [2.75, 3.05) is 37.9 Å². The number of carbonyl (C=O) groups excluding carboxylic acids is 2. The van der Waals surface area contributed by atoms with E-state index in [0.717, 1.165) is 5.56 Å². The third-order valence-corrected chi connectivity index (χ3v) is 5.08. The molecule has 2 unspecified atom stereocenters. The van der Waals surface area contributed by atoms with Crippen molar-refractivity contribution in [3.05, 3.63) is 53.2 Å². The van der Waals surface area contributed by atoms with E-state index < -0.39 is 5.92 Å². The molecule has 1 aromatic heterocycles. The van der Waals surface area contributed by atoms with Crippen LogP contribution in [0.1, 0.15) is 34.6 Å². The van der Waals surface area contributed by atoms with Gasteiger partial charge in [0.15, 0.2) is 5.78 Å². The van der Waals surface area contributed by atoms with Gasteiger partial charge in [0.05, 0.1) is 5.69 Å². The predicted octanol–water partition coefficient (Wildman–Crippen LogP) is 1.97. The second kappa shape index (κ2) is 8.39. The molecule has 0 saturated heterocycles. The standard InChI is InChI=1S/C21H27N5O2/c1-13(22-2)15-7-5-14(6-8-15)11-24-21(28)16-12-23-17-9-10-18(26(3)4)25-19(17)20(16)27/h5-10,13,16,22-23H,11-12H2,1-4H3,(H,24,28). The van der Waals surface area contributed by atoms with Gasteiger partial charge in [-0.2, -0.15) is 0 Å². The molecule has 0 aliphatic carbocycles. The maximum absolute atomic E-state index is 12.8. The molecule has 0 radical (unpaired) electrons. The molecule has 2 aromatic rings. The summed E-state index contributed by atoms with van der Waals surface area (Å²) in [5, 5.41) is 9.22. The minimum absolute atomic E-state index is 0.242. The lowest BCUT2D eigenvalue weighted by Crippen LogP contribution is -2.42. The first-order valence-corrected chi connectivity index (χ1v) is 9.41. The summed E-state index contributed by atoms with van der Waals surface area (Å²) >= 11 is 0. The zero-order valence-electron chi connectivity index (χ0n) is 16.7. The van der Waals surface area contributed by atoms with E-state index in [1.165, 1.54) is 5.56 Å². The van der Waals surface area contributed by atoms with Crippen molar-refractivity contribution >= 4 is 23.2 Å². The van der Waals surface area contributed by atoms with Crippen LogP contribution in [0.25, 0.3) is 0 Å². The summed E-state index contributed by atoms with van der Waals surface area (Å²) in [5.41, 5.74) is 3.17. The van der Waals surface area contributed by atoms with Crippen LogP contribution in [0.3, 0.4) is 0 Å². The van der Waals surface area contributed by atoms with E-state index in [0.29, 0.717) is 23.7 Å². The molecule has 3 rings (SSSR count). The Morgan fingerprint density at radius 3 is 2.61 bits per heavy atom. The number of rotatable bonds is 6. The van der Waals surface area contributed by atoms with Crippen LogP contribution < -0.4 is 20.9 Å². The number of benzene rings is 1. The zero-order valence-corrected chi connectivity index (χ0v) is 16.7. The van der Waals surface area contributed by atoms with Crippen molar-refractivity contribution in [3.8, 4) is 0 Å². The average Bonchev–Trinajstić information content (AvgIpc) is 2.71. The Hall–Kier alpha value is -2.93. The molecule has 2 atom stereocenters. The van der Waals surface area contributed by atoms with Gasteiger partial charge >= 0.3 is 0 Å². The molecule has 1 amide bonds. The molecule has 1 aromatic carbocycles. The summed E-state index contributed by atoms with van der Waals surface area (Å²) in [6.07, 6.45) is 0. The lowest BCUT2D eigenvalue weighted by Gasteiger charge is -2.24. The Kier molecular flexibility index (Phi) is 5.94. The third-order valence-electron chi connectivity index (χ3n) is 5.08. The van der Waals surface area contributed by atoms with E-state index in [4.69, 9.17) is 0 Å². The summed E-state index contributed by atoms with van der Waals surface area (Å²) in [7, 11) is 5.65. The summed E-state index contributed by atoms with van der Waals surface area (Å²) in [6.45, 7) is 2.75. The molecule has 3 N–H and O–H groups in total. The minimum atomic E-state index is -0.777. The minimum Gasteiger partial charge on any atom is -0.382 e. The number of amides is 1. The summed E-state index contributed by atoms with van der Waals surface area (Å²) in [5.74, 6) is -0.618. The first-order valence-electron chi connectivity index (χ1n) is 9.41. The van der Waals surface area contributed by atoms with Crippen molar-refractivity contribution in [2.24, 2.45) is 5.92 Å². The molecular formula is C21H27N5O2. The number of aromatic nitrogens is 1. The summed E-state index contributed by atoms with van der Waals surface area (Å²) < 4.78 is 0. The first kappa shape index (κ1) is 19.8. The second-order valence-electron chi connectivity index (χ2n) is 7.23. The number of nitrogens with one attached hydrogen (secondary N) is 3. The monoisotopic (exact) mass is 381 g/mol. The molecular weight excluding hydrogens is 354 g/mol. The van der Waals surface area contributed by atoms with Crippen LogP contribution in [0.2, 0.25) is 0 Å². The van der Waals surface area contributed by atoms with Gasteiger partial charge in [-0.25, -0.2) is 4.98 Å². The Bertz CT molecular complexity index is 864. The number of pyridine rings is 1. The van der Waals surface area contributed by atoms with Crippen LogP contribution in [0, 0.1) is 5.92 Å². The van der Waals surface area contributed by atoms with Crippen LogP contribution in [0.4, 0.5) is 11.5 Å². The van der Waals surface area contributed by atoms with Crippen molar-refractivity contribution in [2.45, 2.75) is 19.5 Å². The number of anilines is 2. The number of hydrogen-bond acceptors (Lipinski definition) is 6. The second-order valence-corrected chi connectivity index (χ2v) is 7.23. The lowest BCUT2D eigenvalue weighted by molar-refractivity contribution is -0.123. The van der Waals surface area contributed by atoms with E-state index in [9.17, 15) is 9.59 Å². The highest BCUT2D eigenvalue weighted by Gasteiger charge is 2.34. The fraction of sp³-hybridized carbons (Fsp3) is 0.381. The van der Waals surface area contributed by atoms with Gasteiger partial charge < -0.3 is 20.9 Å². The van der Waals surface area contributed by atoms with Crippen LogP contribution in [-0.4, -0.2) is 44.4 Å². The Balaban J connectivity index is 1.65. The normalized spacial score (nSPS) is 16.7. The number of Topliss-reactive ketones (excluding diaryl/α,β-unsaturated/α-hetero) is 1. The fourth-order valence-corrected chi connectivity index (χ4v) is 3.11. The third kappa shape index (κ3) is 4.14. The predicted molar refractivity (Wildman–Crippen MR) is 111 cm³/mol. The van der Waals surface area contributed by atoms with E-state index in [-0.39, 0.29) is 24.3 Å². The highest BCUT2D eigenvalue weighted by atomic mass is 16.2. The van der Waals surface area contributed by atoms with Crippen molar-refractivity contribution in [1.82, 2.24) is 15.6 Å². The topological polar surface area (TPSA) is 86.4 Å².